The van der Waals surface area contributed by atoms with E-state index in [4.69, 9.17) is 0 Å². The molecule has 2 heteroatoms. The molecule has 0 unspecified atom stereocenters. The van der Waals surface area contributed by atoms with Crippen molar-refractivity contribution < 1.29 is 4.79 Å². The number of rotatable bonds is 3. The Labute approximate surface area is 86.7 Å². The van der Waals surface area contributed by atoms with Crippen molar-refractivity contribution in [2.24, 2.45) is 5.41 Å². The van der Waals surface area contributed by atoms with Crippen LogP contribution < -0.4 is 0 Å². The minimum absolute atomic E-state index is 0.459. The summed E-state index contributed by atoms with van der Waals surface area (Å²) in [6.07, 6.45) is 7.14. The average molecular weight is 195 g/mol. The van der Waals surface area contributed by atoms with Crippen molar-refractivity contribution in [1.29, 1.82) is 0 Å². The summed E-state index contributed by atoms with van der Waals surface area (Å²) in [7, 11) is 0. The first-order valence-corrected chi connectivity index (χ1v) is 5.98. The Bertz CT molecular complexity index is 205. The van der Waals surface area contributed by atoms with Crippen LogP contribution in [0.3, 0.4) is 0 Å². The second kappa shape index (κ2) is 4.01. The van der Waals surface area contributed by atoms with Gasteiger partial charge in [0.1, 0.15) is 5.78 Å². The molecule has 0 radical (unpaired) electrons. The smallest absolute Gasteiger partial charge is 0.135 e. The fourth-order valence-electron chi connectivity index (χ4n) is 2.74. The van der Waals surface area contributed by atoms with Gasteiger partial charge in [-0.1, -0.05) is 13.3 Å². The van der Waals surface area contributed by atoms with E-state index in [1.54, 1.807) is 0 Å². The van der Waals surface area contributed by atoms with E-state index < -0.39 is 0 Å². The van der Waals surface area contributed by atoms with Crippen LogP contribution in [0.5, 0.6) is 0 Å². The summed E-state index contributed by atoms with van der Waals surface area (Å²) >= 11 is 0. The molecule has 2 rings (SSSR count). The minimum Gasteiger partial charge on any atom is -0.302 e. The molecular formula is C12H21NO. The van der Waals surface area contributed by atoms with Crippen molar-refractivity contribution in [3.05, 3.63) is 0 Å². The number of nitrogens with zero attached hydrogens (tertiary/aromatic N) is 1. The number of Topliss-reactive ketones (excluding diaryl/α,β-unsaturated/α-hetero) is 1. The summed E-state index contributed by atoms with van der Waals surface area (Å²) in [6, 6.07) is 0. The molecule has 1 aliphatic carbocycles. The molecule has 0 spiro atoms. The van der Waals surface area contributed by atoms with Gasteiger partial charge in [0.15, 0.2) is 0 Å². The summed E-state index contributed by atoms with van der Waals surface area (Å²) in [6.45, 7) is 5.59. The van der Waals surface area contributed by atoms with Crippen molar-refractivity contribution in [2.75, 3.05) is 19.6 Å². The molecule has 14 heavy (non-hydrogen) atoms. The van der Waals surface area contributed by atoms with Crippen molar-refractivity contribution in [1.82, 2.24) is 4.90 Å². The monoisotopic (exact) mass is 195 g/mol. The van der Waals surface area contributed by atoms with E-state index >= 15 is 0 Å². The number of ketones is 1. The van der Waals surface area contributed by atoms with Gasteiger partial charge >= 0.3 is 0 Å². The van der Waals surface area contributed by atoms with Crippen molar-refractivity contribution in [2.45, 2.75) is 45.4 Å². The summed E-state index contributed by atoms with van der Waals surface area (Å²) in [5.74, 6) is 0.459. The standard InChI is InChI=1S/C12H21NO/c1-2-12(6-3-7-12)10-13-8-4-11(14)5-9-13/h2-10H2,1H3. The fraction of sp³-hybridized carbons (Fsp3) is 0.917. The number of piperidine rings is 1. The summed E-state index contributed by atoms with van der Waals surface area (Å²) in [5.41, 5.74) is 0.625. The highest BCUT2D eigenvalue weighted by Crippen LogP contribution is 2.44. The maximum atomic E-state index is 11.1. The topological polar surface area (TPSA) is 20.3 Å². The molecule has 1 saturated heterocycles. The molecule has 0 amide bonds. The van der Waals surface area contributed by atoms with Gasteiger partial charge in [0.2, 0.25) is 0 Å². The van der Waals surface area contributed by atoms with Gasteiger partial charge in [0.25, 0.3) is 0 Å². The molecule has 1 saturated carbocycles. The van der Waals surface area contributed by atoms with Crippen molar-refractivity contribution in [3.8, 4) is 0 Å². The van der Waals surface area contributed by atoms with Gasteiger partial charge in [-0.25, -0.2) is 0 Å². The molecule has 2 nitrogen and oxygen atoms in total. The third kappa shape index (κ3) is 2.00. The van der Waals surface area contributed by atoms with Crippen LogP contribution in [0.2, 0.25) is 0 Å². The largest absolute Gasteiger partial charge is 0.302 e. The molecule has 0 aromatic heterocycles. The highest BCUT2D eigenvalue weighted by atomic mass is 16.1. The van der Waals surface area contributed by atoms with E-state index in [9.17, 15) is 4.79 Å². The Kier molecular flexibility index (Phi) is 2.91. The second-order valence-electron chi connectivity index (χ2n) is 5.02. The van der Waals surface area contributed by atoms with Gasteiger partial charge in [-0.2, -0.15) is 0 Å². The third-order valence-corrected chi connectivity index (χ3v) is 4.14. The van der Waals surface area contributed by atoms with E-state index in [1.807, 2.05) is 0 Å². The predicted octanol–water partition coefficient (Wildman–Crippen LogP) is 2.23. The van der Waals surface area contributed by atoms with Gasteiger partial charge < -0.3 is 4.90 Å². The molecular weight excluding hydrogens is 174 g/mol. The zero-order valence-corrected chi connectivity index (χ0v) is 9.22. The number of likely N-dealkylation sites (tertiary alicyclic amines) is 1. The first-order valence-electron chi connectivity index (χ1n) is 5.98. The highest BCUT2D eigenvalue weighted by Gasteiger charge is 2.37. The lowest BCUT2D eigenvalue weighted by Gasteiger charge is -2.45. The summed E-state index contributed by atoms with van der Waals surface area (Å²) in [4.78, 5) is 13.6. The molecule has 0 aromatic carbocycles. The minimum atomic E-state index is 0.459. The zero-order valence-electron chi connectivity index (χ0n) is 9.22. The summed E-state index contributed by atoms with van der Waals surface area (Å²) < 4.78 is 0. The lowest BCUT2D eigenvalue weighted by atomic mass is 9.66. The Morgan fingerprint density at radius 2 is 1.93 bits per heavy atom. The van der Waals surface area contributed by atoms with Crippen molar-refractivity contribution in [3.63, 3.8) is 0 Å². The molecule has 2 fully saturated rings. The zero-order chi connectivity index (χ0) is 10.0. The molecule has 0 bridgehead atoms. The molecule has 1 heterocycles. The van der Waals surface area contributed by atoms with Gasteiger partial charge in [-0.15, -0.1) is 0 Å². The van der Waals surface area contributed by atoms with Crippen LogP contribution in [0.1, 0.15) is 45.4 Å². The maximum absolute atomic E-state index is 11.1. The second-order valence-corrected chi connectivity index (χ2v) is 5.02. The van der Waals surface area contributed by atoms with Crippen molar-refractivity contribution >= 4 is 5.78 Å². The highest BCUT2D eigenvalue weighted by molar-refractivity contribution is 5.79. The van der Waals surface area contributed by atoms with Gasteiger partial charge in [0.05, 0.1) is 0 Å². The summed E-state index contributed by atoms with van der Waals surface area (Å²) in [5, 5.41) is 0. The number of hydrogen-bond acceptors (Lipinski definition) is 2. The lowest BCUT2D eigenvalue weighted by molar-refractivity contribution is -0.122. The first kappa shape index (κ1) is 10.2. The molecule has 0 aromatic rings. The van der Waals surface area contributed by atoms with Crippen LogP contribution in [-0.2, 0) is 4.79 Å². The van der Waals surface area contributed by atoms with Crippen LogP contribution >= 0.6 is 0 Å². The van der Waals surface area contributed by atoms with Crippen LogP contribution in [0.25, 0.3) is 0 Å². The third-order valence-electron chi connectivity index (χ3n) is 4.14. The lowest BCUT2D eigenvalue weighted by Crippen LogP contribution is -2.45. The molecule has 80 valence electrons. The van der Waals surface area contributed by atoms with E-state index in [1.165, 1.54) is 32.2 Å². The average Bonchev–Trinajstić information content (AvgIpc) is 2.15. The molecule has 0 N–H and O–H groups in total. The van der Waals surface area contributed by atoms with Gasteiger partial charge in [-0.05, 0) is 24.7 Å². The Balaban J connectivity index is 1.82. The Hall–Kier alpha value is -0.370. The van der Waals surface area contributed by atoms with E-state index in [-0.39, 0.29) is 0 Å². The molecule has 2 aliphatic rings. The van der Waals surface area contributed by atoms with Crippen LogP contribution in [0.4, 0.5) is 0 Å². The molecule has 1 aliphatic heterocycles. The number of carbonyl (C=O) groups is 1. The van der Waals surface area contributed by atoms with Gasteiger partial charge in [-0.3, -0.25) is 4.79 Å². The number of hydrogen-bond donors (Lipinski definition) is 0. The first-order chi connectivity index (χ1) is 6.74. The van der Waals surface area contributed by atoms with Crippen LogP contribution in [-0.4, -0.2) is 30.3 Å². The SMILES string of the molecule is CCC1(CN2CCC(=O)CC2)CCC1. The van der Waals surface area contributed by atoms with E-state index in [0.29, 0.717) is 11.2 Å². The fourth-order valence-corrected chi connectivity index (χ4v) is 2.74. The number of carbonyl (C=O) groups excluding carboxylic acids is 1. The quantitative estimate of drug-likeness (QED) is 0.688. The normalized spacial score (nSPS) is 27.4. The van der Waals surface area contributed by atoms with Crippen LogP contribution in [0, 0.1) is 5.41 Å². The van der Waals surface area contributed by atoms with Crippen LogP contribution in [0.15, 0.2) is 0 Å². The van der Waals surface area contributed by atoms with Gasteiger partial charge in [0, 0.05) is 32.5 Å². The Morgan fingerprint density at radius 1 is 1.29 bits per heavy atom. The van der Waals surface area contributed by atoms with E-state index in [2.05, 4.69) is 11.8 Å². The Morgan fingerprint density at radius 3 is 2.36 bits per heavy atom. The predicted molar refractivity (Wildman–Crippen MR) is 57.3 cm³/mol. The molecule has 0 atom stereocenters. The maximum Gasteiger partial charge on any atom is 0.135 e. The van der Waals surface area contributed by atoms with E-state index in [0.717, 1.165) is 25.9 Å².